The third-order valence-corrected chi connectivity index (χ3v) is 14.4. The number of esters is 1. The molecule has 3 aliphatic heterocycles. The van der Waals surface area contributed by atoms with Crippen molar-refractivity contribution in [2.24, 2.45) is 28.8 Å². The number of carbonyl (C=O) groups is 2. The van der Waals surface area contributed by atoms with E-state index >= 15 is 0 Å². The second-order valence-electron chi connectivity index (χ2n) is 19.9. The average molecular weight is 1010 g/mol. The minimum absolute atomic E-state index is 0.0394. The van der Waals surface area contributed by atoms with Gasteiger partial charge >= 0.3 is 5.97 Å². The summed E-state index contributed by atoms with van der Waals surface area (Å²) in [5.74, 6) is -2.48. The van der Waals surface area contributed by atoms with E-state index in [0.717, 1.165) is 22.3 Å². The molecule has 0 spiro atoms. The predicted molar refractivity (Wildman–Crippen MR) is 268 cm³/mol. The van der Waals surface area contributed by atoms with E-state index in [0.29, 0.717) is 37.8 Å². The van der Waals surface area contributed by atoms with Gasteiger partial charge in [0, 0.05) is 50.2 Å². The van der Waals surface area contributed by atoms with Crippen LogP contribution in [0.5, 0.6) is 0 Å². The monoisotopic (exact) mass is 1010 g/mol. The molecule has 2 aromatic rings. The Bertz CT molecular complexity index is 2130. The Hall–Kier alpha value is -3.96. The summed E-state index contributed by atoms with van der Waals surface area (Å²) in [7, 11) is 6.64. The van der Waals surface area contributed by atoms with Gasteiger partial charge in [-0.25, -0.2) is 4.98 Å². The standard InChI is InChI=1S/C53H80N4O15/c1-10-42-37(27-67-43-18-17-41(59)50(63-8)51(43)64-9)24-31(2)13-16-40(58)32(3)25-36-20-23-65-28-39(56-69-30-66-22-11-12-38-15-14-35-19-21-54-52(35)55-38)29-68-44(26-45(60)71-42)33(4)49(36)72-53-48(62)46(57(6)7)47(61)34(5)70-53/h11-16,19,21,24,32-34,36-37,41-44,46-51,53,59,61-62H,10,17-18,20,22-23,25-30H2,1-9H3,(H,54,55)/b12-11+,16-13+,31-24+,56-39+/t32-,33+,34-,36?,37-,41-,42-,43-,44-,46+,47-,48-,49-,50-,51+,53+/m1/s1. The lowest BCUT2D eigenvalue weighted by Crippen LogP contribution is -2.63. The van der Waals surface area contributed by atoms with Crippen molar-refractivity contribution in [3.8, 4) is 0 Å². The zero-order valence-electron chi connectivity index (χ0n) is 43.5. The Labute approximate surface area is 424 Å². The maximum absolute atomic E-state index is 14.5. The number of hydrogen-bond acceptors (Lipinski definition) is 18. The molecule has 6 rings (SSSR count). The summed E-state index contributed by atoms with van der Waals surface area (Å²) in [6, 6.07) is 5.16. The number of methoxy groups -OCH3 is 2. The third kappa shape index (κ3) is 15.5. The van der Waals surface area contributed by atoms with Crippen LogP contribution >= 0.6 is 0 Å². The fraction of sp³-hybridized carbons (Fsp3) is 0.698. The lowest BCUT2D eigenvalue weighted by molar-refractivity contribution is -0.305. The first kappa shape index (κ1) is 57.3. The molecule has 2 saturated heterocycles. The van der Waals surface area contributed by atoms with E-state index in [-0.39, 0.29) is 57.9 Å². The van der Waals surface area contributed by atoms with Crippen LogP contribution in [0.2, 0.25) is 0 Å². The molecule has 0 amide bonds. The summed E-state index contributed by atoms with van der Waals surface area (Å²) >= 11 is 0. The second kappa shape index (κ2) is 28.1. The van der Waals surface area contributed by atoms with E-state index in [1.165, 1.54) is 7.11 Å². The first-order chi connectivity index (χ1) is 34.6. The van der Waals surface area contributed by atoms with Crippen LogP contribution in [0.15, 0.2) is 59.4 Å². The minimum atomic E-state index is -1.26. The van der Waals surface area contributed by atoms with Gasteiger partial charge in [0.25, 0.3) is 0 Å². The molecule has 16 atom stereocenters. The van der Waals surface area contributed by atoms with Gasteiger partial charge in [-0.1, -0.05) is 49.7 Å². The van der Waals surface area contributed by atoms with Gasteiger partial charge in [0.1, 0.15) is 35.8 Å². The number of aromatic nitrogens is 2. The van der Waals surface area contributed by atoms with Gasteiger partial charge in [-0.15, -0.1) is 0 Å². The number of fused-ring (bicyclic) bond motifs is 4. The molecule has 0 aromatic carbocycles. The predicted octanol–water partition coefficient (Wildman–Crippen LogP) is 4.77. The van der Waals surface area contributed by atoms with Gasteiger partial charge in [0.15, 0.2) is 12.1 Å². The number of ketones is 1. The molecule has 2 aromatic heterocycles. The number of rotatable bonds is 15. The molecule has 1 unspecified atom stereocenters. The summed E-state index contributed by atoms with van der Waals surface area (Å²) in [6.45, 7) is 9.78. The van der Waals surface area contributed by atoms with Gasteiger partial charge < -0.3 is 72.7 Å². The summed E-state index contributed by atoms with van der Waals surface area (Å²) in [5, 5.41) is 38.8. The highest BCUT2D eigenvalue weighted by Crippen LogP contribution is 2.36. The average Bonchev–Trinajstić information content (AvgIpc) is 3.83. The van der Waals surface area contributed by atoms with Crippen LogP contribution < -0.4 is 0 Å². The molecule has 1 aliphatic carbocycles. The fourth-order valence-electron chi connectivity index (χ4n) is 10.3. The highest BCUT2D eigenvalue weighted by atomic mass is 16.7. The zero-order valence-corrected chi connectivity index (χ0v) is 43.5. The molecule has 1 saturated carbocycles. The first-order valence-electron chi connectivity index (χ1n) is 25.5. The van der Waals surface area contributed by atoms with Crippen LogP contribution in [0.1, 0.15) is 78.8 Å². The topological polar surface area (TPSA) is 231 Å². The van der Waals surface area contributed by atoms with E-state index in [4.69, 9.17) is 47.5 Å². The number of aliphatic hydroxyl groups excluding tert-OH is 3. The molecule has 4 N–H and O–H groups in total. The van der Waals surface area contributed by atoms with Crippen molar-refractivity contribution in [1.82, 2.24) is 14.9 Å². The SMILES string of the molecule is CC[C@H]1OC(=O)C[C@H]2OC/C(=N/OCOC/C=C/c3ccc4cc[nH]c4n3)COCCC(C[C@@H](C)C(=O)/C=C/C(C)=C/[C@@H]1CO[C@@H]1CC[C@@H](O)[C@@H](OC)[C@H]1OC)[C@H](O[C@@H]1O[C@H](C)[C@@H](O)[C@H](N(C)C)[C@H]1O)[C@H]2C. The molecular weight excluding hydrogens is 933 g/mol. The number of oxime groups is 1. The van der Waals surface area contributed by atoms with Gasteiger partial charge in [-0.05, 0) is 96.3 Å². The summed E-state index contributed by atoms with van der Waals surface area (Å²) in [4.78, 5) is 43.5. The van der Waals surface area contributed by atoms with E-state index in [1.807, 2.05) is 70.3 Å². The summed E-state index contributed by atoms with van der Waals surface area (Å²) in [5.41, 5.74) is 2.76. The Morgan fingerprint density at radius 1 is 0.972 bits per heavy atom. The van der Waals surface area contributed by atoms with Crippen LogP contribution in [0.3, 0.4) is 0 Å². The largest absolute Gasteiger partial charge is 0.462 e. The normalized spacial score (nSPS) is 36.8. The number of aliphatic hydroxyl groups is 3. The van der Waals surface area contributed by atoms with Crippen LogP contribution in [0, 0.1) is 23.7 Å². The zero-order chi connectivity index (χ0) is 51.9. The molecule has 72 heavy (non-hydrogen) atoms. The number of likely N-dealkylation sites (N-methyl/N-ethyl adjacent to an activating group) is 1. The number of hydrogen-bond donors (Lipinski definition) is 4. The van der Waals surface area contributed by atoms with Crippen LogP contribution in [0.4, 0.5) is 0 Å². The molecule has 402 valence electrons. The van der Waals surface area contributed by atoms with Crippen LogP contribution in [-0.4, -0.2) is 189 Å². The smallest absolute Gasteiger partial charge is 0.308 e. The van der Waals surface area contributed by atoms with Crippen molar-refractivity contribution in [2.75, 3.05) is 68.1 Å². The summed E-state index contributed by atoms with van der Waals surface area (Å²) in [6.07, 6.45) is 4.28. The Morgan fingerprint density at radius 2 is 1.76 bits per heavy atom. The number of H-pyrrole nitrogens is 1. The number of aromatic amines is 1. The highest BCUT2D eigenvalue weighted by Gasteiger charge is 2.48. The quantitative estimate of drug-likeness (QED) is 0.0815. The van der Waals surface area contributed by atoms with Crippen molar-refractivity contribution in [1.29, 1.82) is 0 Å². The number of nitrogens with zero attached hydrogens (tertiary/aromatic N) is 3. The number of nitrogens with one attached hydrogen (secondary N) is 1. The second-order valence-corrected chi connectivity index (χ2v) is 19.9. The van der Waals surface area contributed by atoms with E-state index < -0.39 is 97.1 Å². The highest BCUT2D eigenvalue weighted by molar-refractivity contribution is 5.91. The molecule has 4 aliphatic rings. The van der Waals surface area contributed by atoms with Gasteiger partial charge in [-0.2, -0.15) is 0 Å². The van der Waals surface area contributed by atoms with Crippen LogP contribution in [0.25, 0.3) is 17.1 Å². The third-order valence-electron chi connectivity index (χ3n) is 14.4. The van der Waals surface area contributed by atoms with Gasteiger partial charge in [0.2, 0.25) is 6.79 Å². The Kier molecular flexibility index (Phi) is 22.4. The number of carbonyl (C=O) groups excluding carboxylic acids is 2. The Morgan fingerprint density at radius 3 is 2.51 bits per heavy atom. The maximum Gasteiger partial charge on any atom is 0.308 e. The van der Waals surface area contributed by atoms with E-state index in [9.17, 15) is 24.9 Å². The van der Waals surface area contributed by atoms with Gasteiger partial charge in [-0.3, -0.25) is 9.59 Å². The van der Waals surface area contributed by atoms with Crippen molar-refractivity contribution in [3.05, 3.63) is 60.0 Å². The number of cyclic esters (lactones) is 1. The lowest BCUT2D eigenvalue weighted by atomic mass is 9.79. The molecule has 5 heterocycles. The fourth-order valence-corrected chi connectivity index (χ4v) is 10.3. The van der Waals surface area contributed by atoms with E-state index in [1.54, 1.807) is 45.2 Å². The Balaban J connectivity index is 1.27. The number of allylic oxidation sites excluding steroid dienone is 3. The van der Waals surface area contributed by atoms with Crippen LogP contribution in [-0.2, 0) is 57.1 Å². The van der Waals surface area contributed by atoms with Crippen molar-refractivity contribution in [2.45, 2.75) is 147 Å². The van der Waals surface area contributed by atoms with Crippen molar-refractivity contribution >= 4 is 34.6 Å². The number of pyridine rings is 1. The van der Waals surface area contributed by atoms with Crippen molar-refractivity contribution < 1.29 is 72.4 Å². The molecule has 19 nitrogen and oxygen atoms in total. The molecular formula is C53H80N4O15. The first-order valence-corrected chi connectivity index (χ1v) is 25.5. The van der Waals surface area contributed by atoms with Gasteiger partial charge in [0.05, 0.1) is 81.2 Å². The number of ether oxygens (including phenoxy) is 9. The van der Waals surface area contributed by atoms with Crippen molar-refractivity contribution in [3.63, 3.8) is 0 Å². The maximum atomic E-state index is 14.5. The minimum Gasteiger partial charge on any atom is -0.462 e. The molecule has 2 bridgehead atoms. The summed E-state index contributed by atoms with van der Waals surface area (Å²) < 4.78 is 56.0. The molecule has 19 heteroatoms. The lowest BCUT2D eigenvalue weighted by Gasteiger charge is -2.47. The molecule has 3 fully saturated rings. The van der Waals surface area contributed by atoms with E-state index in [2.05, 4.69) is 15.1 Å². The molecule has 0 radical (unpaired) electrons.